The van der Waals surface area contributed by atoms with Crippen LogP contribution in [0.15, 0.2) is 76.1 Å². The normalized spacial score (nSPS) is 14.4. The fourth-order valence-electron chi connectivity index (χ4n) is 3.61. The summed E-state index contributed by atoms with van der Waals surface area (Å²) >= 11 is 4.38. The Morgan fingerprint density at radius 2 is 1.81 bits per heavy atom. The van der Waals surface area contributed by atoms with Crippen LogP contribution in [-0.2, 0) is 17.8 Å². The molecule has 4 rings (SSSR count). The Balaban J connectivity index is 1.49. The van der Waals surface area contributed by atoms with Gasteiger partial charge in [0.05, 0.1) is 21.4 Å². The number of halogens is 1. The molecule has 0 aromatic heterocycles. The Hall–Kier alpha value is -3.63. The van der Waals surface area contributed by atoms with Crippen molar-refractivity contribution in [3.63, 3.8) is 0 Å². The number of carbonyl (C=O) groups excluding carboxylic acids is 2. The molecule has 1 heterocycles. The number of thioether (sulfide) groups is 1. The SMILES string of the molecule is COc1cc(/C=C2\SC(=O)N(CCc3ccccc3)C2=O)cc(Br)c1OCc1cccc([N+](=O)[O-])c1. The highest BCUT2D eigenvalue weighted by atomic mass is 79.9. The van der Waals surface area contributed by atoms with E-state index in [1.54, 1.807) is 30.3 Å². The average molecular weight is 569 g/mol. The van der Waals surface area contributed by atoms with Gasteiger partial charge in [-0.05, 0) is 69.0 Å². The zero-order chi connectivity index (χ0) is 25.7. The van der Waals surface area contributed by atoms with Gasteiger partial charge in [0.15, 0.2) is 11.5 Å². The van der Waals surface area contributed by atoms with Crippen molar-refractivity contribution in [1.29, 1.82) is 0 Å². The van der Waals surface area contributed by atoms with Crippen LogP contribution in [0.2, 0.25) is 0 Å². The van der Waals surface area contributed by atoms with Crippen LogP contribution in [0.3, 0.4) is 0 Å². The van der Waals surface area contributed by atoms with Gasteiger partial charge in [-0.25, -0.2) is 0 Å². The molecule has 36 heavy (non-hydrogen) atoms. The van der Waals surface area contributed by atoms with E-state index in [0.29, 0.717) is 45.0 Å². The van der Waals surface area contributed by atoms with E-state index >= 15 is 0 Å². The first-order valence-corrected chi connectivity index (χ1v) is 12.5. The number of benzene rings is 3. The maximum Gasteiger partial charge on any atom is 0.293 e. The lowest BCUT2D eigenvalue weighted by Crippen LogP contribution is -2.30. The molecule has 0 bridgehead atoms. The minimum atomic E-state index is -0.460. The van der Waals surface area contributed by atoms with Crippen LogP contribution in [0.1, 0.15) is 16.7 Å². The van der Waals surface area contributed by atoms with Crippen molar-refractivity contribution in [1.82, 2.24) is 4.90 Å². The van der Waals surface area contributed by atoms with E-state index in [1.807, 2.05) is 30.3 Å². The summed E-state index contributed by atoms with van der Waals surface area (Å²) in [6.45, 7) is 0.403. The molecule has 0 spiro atoms. The number of hydrogen-bond donors (Lipinski definition) is 0. The number of amides is 2. The van der Waals surface area contributed by atoms with Gasteiger partial charge in [-0.15, -0.1) is 0 Å². The molecule has 0 N–H and O–H groups in total. The summed E-state index contributed by atoms with van der Waals surface area (Å²) in [4.78, 5) is 37.5. The van der Waals surface area contributed by atoms with Crippen molar-refractivity contribution in [2.75, 3.05) is 13.7 Å². The number of nitro benzene ring substituents is 1. The van der Waals surface area contributed by atoms with Crippen molar-refractivity contribution in [3.05, 3.63) is 103 Å². The molecular weight excluding hydrogens is 548 g/mol. The van der Waals surface area contributed by atoms with Gasteiger partial charge in [0.1, 0.15) is 6.61 Å². The quantitative estimate of drug-likeness (QED) is 0.171. The number of imide groups is 1. The standard InChI is InChI=1S/C26H21BrN2O6S/c1-34-22-14-19(13-21(27)24(22)35-16-18-8-5-9-20(12-18)29(32)33)15-23-25(30)28(26(31)36-23)11-10-17-6-3-2-4-7-17/h2-9,12-15H,10-11,16H2,1H3/b23-15-. The van der Waals surface area contributed by atoms with Gasteiger partial charge >= 0.3 is 0 Å². The summed E-state index contributed by atoms with van der Waals surface area (Å²) in [5.74, 6) is 0.489. The molecule has 3 aromatic rings. The van der Waals surface area contributed by atoms with Crippen LogP contribution in [0.4, 0.5) is 10.5 Å². The summed E-state index contributed by atoms with van der Waals surface area (Å²) in [6, 6.07) is 19.3. The lowest BCUT2D eigenvalue weighted by atomic mass is 10.1. The fourth-order valence-corrected chi connectivity index (χ4v) is 5.05. The number of nitro groups is 1. The van der Waals surface area contributed by atoms with E-state index in [0.717, 1.165) is 17.3 Å². The molecule has 3 aromatic carbocycles. The summed E-state index contributed by atoms with van der Waals surface area (Å²) in [5, 5.41) is 10.7. The molecule has 2 amide bonds. The van der Waals surface area contributed by atoms with E-state index in [2.05, 4.69) is 15.9 Å². The number of rotatable bonds is 9. The monoisotopic (exact) mass is 568 g/mol. The Labute approximate surface area is 220 Å². The van der Waals surface area contributed by atoms with Gasteiger partial charge < -0.3 is 9.47 Å². The van der Waals surface area contributed by atoms with Gasteiger partial charge in [0.2, 0.25) is 0 Å². The Bertz CT molecular complexity index is 1350. The maximum atomic E-state index is 12.9. The summed E-state index contributed by atoms with van der Waals surface area (Å²) < 4.78 is 11.9. The highest BCUT2D eigenvalue weighted by Crippen LogP contribution is 2.39. The minimum absolute atomic E-state index is 0.0183. The highest BCUT2D eigenvalue weighted by molar-refractivity contribution is 9.10. The number of methoxy groups -OCH3 is 1. The van der Waals surface area contributed by atoms with E-state index in [1.165, 1.54) is 24.1 Å². The van der Waals surface area contributed by atoms with E-state index in [-0.39, 0.29) is 23.4 Å². The first-order chi connectivity index (χ1) is 17.4. The molecule has 0 aliphatic carbocycles. The van der Waals surface area contributed by atoms with Gasteiger partial charge in [-0.3, -0.25) is 24.6 Å². The fraction of sp³-hybridized carbons (Fsp3) is 0.154. The van der Waals surface area contributed by atoms with E-state index < -0.39 is 4.92 Å². The number of nitrogens with zero attached hydrogens (tertiary/aromatic N) is 2. The Morgan fingerprint density at radius 3 is 2.53 bits per heavy atom. The van der Waals surface area contributed by atoms with Crippen molar-refractivity contribution in [2.45, 2.75) is 13.0 Å². The molecule has 0 radical (unpaired) electrons. The summed E-state index contributed by atoms with van der Waals surface area (Å²) in [6.07, 6.45) is 2.23. The number of hydrogen-bond acceptors (Lipinski definition) is 7. The lowest BCUT2D eigenvalue weighted by Gasteiger charge is -2.14. The highest BCUT2D eigenvalue weighted by Gasteiger charge is 2.34. The first kappa shape index (κ1) is 25.5. The third kappa shape index (κ3) is 5.95. The summed E-state index contributed by atoms with van der Waals surface area (Å²) in [5.41, 5.74) is 2.31. The maximum absolute atomic E-state index is 12.9. The summed E-state index contributed by atoms with van der Waals surface area (Å²) in [7, 11) is 1.49. The molecule has 1 aliphatic heterocycles. The van der Waals surface area contributed by atoms with E-state index in [9.17, 15) is 19.7 Å². The van der Waals surface area contributed by atoms with Crippen molar-refractivity contribution in [3.8, 4) is 11.5 Å². The minimum Gasteiger partial charge on any atom is -0.493 e. The van der Waals surface area contributed by atoms with Gasteiger partial charge in [0.25, 0.3) is 16.8 Å². The van der Waals surface area contributed by atoms with Crippen LogP contribution in [-0.4, -0.2) is 34.6 Å². The smallest absolute Gasteiger partial charge is 0.293 e. The van der Waals surface area contributed by atoms with Gasteiger partial charge in [0, 0.05) is 18.7 Å². The van der Waals surface area contributed by atoms with Gasteiger partial charge in [-0.2, -0.15) is 0 Å². The van der Waals surface area contributed by atoms with Crippen LogP contribution in [0.5, 0.6) is 11.5 Å². The lowest BCUT2D eigenvalue weighted by molar-refractivity contribution is -0.384. The van der Waals surface area contributed by atoms with Crippen molar-refractivity contribution >= 4 is 50.6 Å². The molecule has 1 saturated heterocycles. The molecule has 0 unspecified atom stereocenters. The second-order valence-corrected chi connectivity index (χ2v) is 9.67. The zero-order valence-electron chi connectivity index (χ0n) is 19.2. The third-order valence-electron chi connectivity index (χ3n) is 5.39. The average Bonchev–Trinajstić information content (AvgIpc) is 3.14. The third-order valence-corrected chi connectivity index (χ3v) is 6.89. The van der Waals surface area contributed by atoms with Crippen molar-refractivity contribution < 1.29 is 24.0 Å². The zero-order valence-corrected chi connectivity index (χ0v) is 21.6. The molecule has 0 atom stereocenters. The number of carbonyl (C=O) groups is 2. The van der Waals surface area contributed by atoms with Crippen LogP contribution < -0.4 is 9.47 Å². The van der Waals surface area contributed by atoms with E-state index in [4.69, 9.17) is 9.47 Å². The molecule has 184 valence electrons. The van der Waals surface area contributed by atoms with Crippen LogP contribution in [0, 0.1) is 10.1 Å². The first-order valence-electron chi connectivity index (χ1n) is 10.9. The molecular formula is C26H21BrN2O6S. The van der Waals surface area contributed by atoms with Gasteiger partial charge in [-0.1, -0.05) is 42.5 Å². The molecule has 10 heteroatoms. The Kier molecular flexibility index (Phi) is 8.07. The number of non-ortho nitro benzene ring substituents is 1. The molecule has 8 nitrogen and oxygen atoms in total. The van der Waals surface area contributed by atoms with Crippen LogP contribution in [0.25, 0.3) is 6.08 Å². The second kappa shape index (κ2) is 11.4. The number of ether oxygens (including phenoxy) is 2. The second-order valence-electron chi connectivity index (χ2n) is 7.82. The predicted molar refractivity (Wildman–Crippen MR) is 141 cm³/mol. The van der Waals surface area contributed by atoms with Crippen LogP contribution >= 0.6 is 27.7 Å². The molecule has 1 aliphatic rings. The predicted octanol–water partition coefficient (Wildman–Crippen LogP) is 6.22. The van der Waals surface area contributed by atoms with Crippen molar-refractivity contribution in [2.24, 2.45) is 0 Å². The Morgan fingerprint density at radius 1 is 1.06 bits per heavy atom. The molecule has 0 saturated carbocycles. The largest absolute Gasteiger partial charge is 0.493 e. The molecule has 1 fully saturated rings. The topological polar surface area (TPSA) is 99.0 Å².